The minimum Gasteiger partial charge on any atom is -0.376 e. The van der Waals surface area contributed by atoms with Crippen LogP contribution in [0.25, 0.3) is 0 Å². The van der Waals surface area contributed by atoms with E-state index in [0.717, 1.165) is 19.4 Å². The Kier molecular flexibility index (Phi) is 6.84. The first-order valence-corrected chi connectivity index (χ1v) is 9.78. The van der Waals surface area contributed by atoms with E-state index in [1.807, 2.05) is 6.07 Å². The van der Waals surface area contributed by atoms with E-state index >= 15 is 0 Å². The van der Waals surface area contributed by atoms with Crippen molar-refractivity contribution in [1.82, 2.24) is 5.32 Å². The number of ether oxygens (including phenoxy) is 2. The van der Waals surface area contributed by atoms with Gasteiger partial charge in [0.2, 0.25) is 0 Å². The molecule has 0 aliphatic carbocycles. The Balaban J connectivity index is 1.67. The Bertz CT molecular complexity index is 638. The zero-order valence-corrected chi connectivity index (χ0v) is 16.0. The quantitative estimate of drug-likeness (QED) is 0.772. The first-order valence-electron chi connectivity index (χ1n) is 9.78. The molecule has 0 bridgehead atoms. The van der Waals surface area contributed by atoms with Crippen molar-refractivity contribution >= 4 is 0 Å². The molecular weight excluding hydrogens is 322 g/mol. The standard InChI is InChI=1S/C23H31NO2/c1-3-22(19(2)16-20-10-6-4-7-11-20)24-17-23(18-25-14-15-26-23)21-12-8-5-9-13-21/h4-13,19,22,24H,3,14-18H2,1-2H3. The van der Waals surface area contributed by atoms with Gasteiger partial charge in [-0.15, -0.1) is 0 Å². The van der Waals surface area contributed by atoms with E-state index < -0.39 is 0 Å². The fraction of sp³-hybridized carbons (Fsp3) is 0.478. The van der Waals surface area contributed by atoms with Crippen LogP contribution in [-0.2, 0) is 21.5 Å². The summed E-state index contributed by atoms with van der Waals surface area (Å²) in [6.07, 6.45) is 2.18. The van der Waals surface area contributed by atoms with Crippen LogP contribution in [0.15, 0.2) is 60.7 Å². The normalized spacial score (nSPS) is 22.7. The van der Waals surface area contributed by atoms with Gasteiger partial charge in [-0.25, -0.2) is 0 Å². The number of rotatable bonds is 8. The maximum Gasteiger partial charge on any atom is 0.129 e. The lowest BCUT2D eigenvalue weighted by Crippen LogP contribution is -2.51. The van der Waals surface area contributed by atoms with Gasteiger partial charge < -0.3 is 14.8 Å². The third-order valence-corrected chi connectivity index (χ3v) is 5.42. The van der Waals surface area contributed by atoms with Gasteiger partial charge >= 0.3 is 0 Å². The van der Waals surface area contributed by atoms with E-state index in [-0.39, 0.29) is 5.60 Å². The molecule has 0 saturated carbocycles. The molecule has 3 unspecified atom stereocenters. The number of benzene rings is 2. The molecule has 3 heteroatoms. The average molecular weight is 354 g/mol. The molecule has 0 aromatic heterocycles. The van der Waals surface area contributed by atoms with Gasteiger partial charge in [-0.1, -0.05) is 74.5 Å². The van der Waals surface area contributed by atoms with Crippen molar-refractivity contribution in [2.45, 2.75) is 38.3 Å². The molecule has 1 N–H and O–H groups in total. The molecule has 1 aliphatic heterocycles. The van der Waals surface area contributed by atoms with Crippen LogP contribution in [0, 0.1) is 5.92 Å². The predicted octanol–water partition coefficient (Wildman–Crippen LogP) is 4.18. The van der Waals surface area contributed by atoms with Crippen LogP contribution < -0.4 is 5.32 Å². The molecule has 0 radical (unpaired) electrons. The largest absolute Gasteiger partial charge is 0.376 e. The van der Waals surface area contributed by atoms with Gasteiger partial charge in [0.1, 0.15) is 5.60 Å². The summed E-state index contributed by atoms with van der Waals surface area (Å²) in [5, 5.41) is 3.79. The molecule has 3 atom stereocenters. The highest BCUT2D eigenvalue weighted by atomic mass is 16.6. The molecule has 1 saturated heterocycles. The highest BCUT2D eigenvalue weighted by molar-refractivity contribution is 5.24. The number of hydrogen-bond donors (Lipinski definition) is 1. The maximum atomic E-state index is 6.26. The van der Waals surface area contributed by atoms with E-state index in [2.05, 4.69) is 73.8 Å². The third-order valence-electron chi connectivity index (χ3n) is 5.42. The second-order valence-corrected chi connectivity index (χ2v) is 7.32. The van der Waals surface area contributed by atoms with Crippen molar-refractivity contribution in [1.29, 1.82) is 0 Å². The van der Waals surface area contributed by atoms with E-state index in [4.69, 9.17) is 9.47 Å². The van der Waals surface area contributed by atoms with Gasteiger partial charge in [0.05, 0.1) is 19.8 Å². The van der Waals surface area contributed by atoms with Crippen molar-refractivity contribution in [2.24, 2.45) is 5.92 Å². The Morgan fingerprint density at radius 1 is 1.00 bits per heavy atom. The molecule has 1 heterocycles. The molecule has 1 fully saturated rings. The highest BCUT2D eigenvalue weighted by Crippen LogP contribution is 2.29. The summed E-state index contributed by atoms with van der Waals surface area (Å²) in [4.78, 5) is 0. The van der Waals surface area contributed by atoms with Gasteiger partial charge in [0.15, 0.2) is 0 Å². The summed E-state index contributed by atoms with van der Waals surface area (Å²) < 4.78 is 12.1. The summed E-state index contributed by atoms with van der Waals surface area (Å²) in [6, 6.07) is 21.7. The molecular formula is C23H31NO2. The van der Waals surface area contributed by atoms with Crippen LogP contribution in [0.5, 0.6) is 0 Å². The van der Waals surface area contributed by atoms with Gasteiger partial charge in [0, 0.05) is 12.6 Å². The van der Waals surface area contributed by atoms with Crippen molar-refractivity contribution in [3.8, 4) is 0 Å². The van der Waals surface area contributed by atoms with E-state index in [0.29, 0.717) is 31.8 Å². The van der Waals surface area contributed by atoms with Gasteiger partial charge in [-0.05, 0) is 29.9 Å². The molecule has 3 rings (SSSR count). The molecule has 1 aliphatic rings. The lowest BCUT2D eigenvalue weighted by Gasteiger charge is -2.39. The third kappa shape index (κ3) is 4.73. The van der Waals surface area contributed by atoms with Crippen molar-refractivity contribution in [2.75, 3.05) is 26.4 Å². The van der Waals surface area contributed by atoms with E-state index in [1.54, 1.807) is 0 Å². The zero-order chi connectivity index (χ0) is 18.2. The summed E-state index contributed by atoms with van der Waals surface area (Å²) in [6.45, 7) is 7.29. The zero-order valence-electron chi connectivity index (χ0n) is 16.0. The van der Waals surface area contributed by atoms with Crippen LogP contribution in [0.1, 0.15) is 31.4 Å². The molecule has 2 aromatic carbocycles. The fourth-order valence-electron chi connectivity index (χ4n) is 3.86. The molecule has 140 valence electrons. The van der Waals surface area contributed by atoms with Crippen LogP contribution >= 0.6 is 0 Å². The van der Waals surface area contributed by atoms with Crippen molar-refractivity contribution < 1.29 is 9.47 Å². The van der Waals surface area contributed by atoms with Crippen LogP contribution in [-0.4, -0.2) is 32.4 Å². The van der Waals surface area contributed by atoms with Gasteiger partial charge in [-0.2, -0.15) is 0 Å². The summed E-state index contributed by atoms with van der Waals surface area (Å²) >= 11 is 0. The second kappa shape index (κ2) is 9.31. The summed E-state index contributed by atoms with van der Waals surface area (Å²) in [5.41, 5.74) is 2.20. The fourth-order valence-corrected chi connectivity index (χ4v) is 3.86. The van der Waals surface area contributed by atoms with Crippen molar-refractivity contribution in [3.63, 3.8) is 0 Å². The maximum absolute atomic E-state index is 6.26. The summed E-state index contributed by atoms with van der Waals surface area (Å²) in [7, 11) is 0. The lowest BCUT2D eigenvalue weighted by molar-refractivity contribution is -0.161. The molecule has 3 nitrogen and oxygen atoms in total. The average Bonchev–Trinajstić information content (AvgIpc) is 2.70. The van der Waals surface area contributed by atoms with Crippen molar-refractivity contribution in [3.05, 3.63) is 71.8 Å². The lowest BCUT2D eigenvalue weighted by atomic mass is 9.89. The number of nitrogens with one attached hydrogen (secondary N) is 1. The predicted molar refractivity (Wildman–Crippen MR) is 106 cm³/mol. The minimum atomic E-state index is -0.389. The first-order chi connectivity index (χ1) is 12.7. The SMILES string of the molecule is CCC(NCC1(c2ccccc2)COCCO1)C(C)Cc1ccccc1. The Hall–Kier alpha value is -1.68. The first kappa shape index (κ1) is 19.1. The van der Waals surface area contributed by atoms with E-state index in [9.17, 15) is 0 Å². The van der Waals surface area contributed by atoms with Gasteiger partial charge in [-0.3, -0.25) is 0 Å². The topological polar surface area (TPSA) is 30.5 Å². The highest BCUT2D eigenvalue weighted by Gasteiger charge is 2.36. The monoisotopic (exact) mass is 353 g/mol. The number of hydrogen-bond acceptors (Lipinski definition) is 3. The minimum absolute atomic E-state index is 0.389. The molecule has 0 amide bonds. The Labute approximate surface area is 157 Å². The second-order valence-electron chi connectivity index (χ2n) is 7.32. The van der Waals surface area contributed by atoms with Crippen LogP contribution in [0.2, 0.25) is 0 Å². The molecule has 2 aromatic rings. The summed E-state index contributed by atoms with van der Waals surface area (Å²) in [5.74, 6) is 0.555. The van der Waals surface area contributed by atoms with E-state index in [1.165, 1.54) is 11.1 Å². The Morgan fingerprint density at radius 3 is 2.31 bits per heavy atom. The molecule has 26 heavy (non-hydrogen) atoms. The molecule has 0 spiro atoms. The smallest absolute Gasteiger partial charge is 0.129 e. The van der Waals surface area contributed by atoms with Gasteiger partial charge in [0.25, 0.3) is 0 Å². The van der Waals surface area contributed by atoms with Crippen LogP contribution in [0.4, 0.5) is 0 Å². The van der Waals surface area contributed by atoms with Crippen LogP contribution in [0.3, 0.4) is 0 Å². The Morgan fingerprint density at radius 2 is 1.69 bits per heavy atom.